The van der Waals surface area contributed by atoms with Gasteiger partial charge in [-0.2, -0.15) is 0 Å². The van der Waals surface area contributed by atoms with E-state index in [9.17, 15) is 39.2 Å². The van der Waals surface area contributed by atoms with Crippen molar-refractivity contribution in [1.29, 1.82) is 0 Å². The molecule has 0 spiro atoms. The van der Waals surface area contributed by atoms with Gasteiger partial charge in [0.25, 0.3) is 5.09 Å². The van der Waals surface area contributed by atoms with E-state index < -0.39 is 81.5 Å². The smallest absolute Gasteiger partial charge is 0.493 e. The van der Waals surface area contributed by atoms with Crippen molar-refractivity contribution < 1.29 is 67.1 Å². The Kier molecular flexibility index (Phi) is 12.6. The third kappa shape index (κ3) is 7.51. The molecule has 0 amide bonds. The number of hydrogen-bond acceptors (Lipinski definition) is 14. The second-order valence-electron chi connectivity index (χ2n) is 15.5. The topological polar surface area (TPSA) is 204 Å². The highest BCUT2D eigenvalue weighted by Gasteiger charge is 2.77. The minimum absolute atomic E-state index is 0.0220. The zero-order chi connectivity index (χ0) is 41.1. The van der Waals surface area contributed by atoms with Gasteiger partial charge in [-0.3, -0.25) is 14.4 Å². The summed E-state index contributed by atoms with van der Waals surface area (Å²) in [6.45, 7) is 6.04. The molecule has 1 aromatic rings. The van der Waals surface area contributed by atoms with Gasteiger partial charge in [-0.15, -0.1) is 10.1 Å². The number of alkyl halides is 1. The Morgan fingerprint density at radius 2 is 1.79 bits per heavy atom. The number of hydrogen-bond donors (Lipinski definition) is 1. The molecule has 306 valence electrons. The average Bonchev–Trinajstić information content (AvgIpc) is 3.37. The Bertz CT molecular complexity index is 1790. The standard InChI is InChI=1S/C40H50FNO14/c1-6-7-10-34(46)56-40(24(2)19-29-28-13-12-26-21-27(43)15-16-37(26,3)39(28,41)32(44)22-38(29,40)4)33(45)23-53-36(48)55-30-14-11-25(20-31(30)51-5)35(47)52-17-8-9-18-54-42(49)50/h11,14-16,20-21,24,28-29,32,44H,6-10,12-13,17-19,22-23H2,1-5H3/t24-,28?,29-,32-,37-,38-,39-,40-/m0/s1. The van der Waals surface area contributed by atoms with Gasteiger partial charge in [0.1, 0.15) is 0 Å². The third-order valence-corrected chi connectivity index (χ3v) is 12.5. The number of benzene rings is 1. The number of fused-ring (bicyclic) bond motifs is 5. The molecule has 3 fully saturated rings. The van der Waals surface area contributed by atoms with Crippen LogP contribution in [0.3, 0.4) is 0 Å². The molecule has 0 aromatic heterocycles. The van der Waals surface area contributed by atoms with Gasteiger partial charge < -0.3 is 33.6 Å². The van der Waals surface area contributed by atoms with Crippen LogP contribution in [0.1, 0.15) is 95.8 Å². The summed E-state index contributed by atoms with van der Waals surface area (Å²) in [7, 11) is 1.27. The van der Waals surface area contributed by atoms with E-state index in [1.165, 1.54) is 37.5 Å². The van der Waals surface area contributed by atoms with Crippen molar-refractivity contribution in [3.8, 4) is 11.5 Å². The summed E-state index contributed by atoms with van der Waals surface area (Å²) in [4.78, 5) is 80.2. The fraction of sp³-hybridized carbons (Fsp3) is 0.625. The van der Waals surface area contributed by atoms with Gasteiger partial charge in [-0.25, -0.2) is 14.0 Å². The molecule has 0 radical (unpaired) electrons. The number of nitrogens with zero attached hydrogens (tertiary/aromatic N) is 1. The van der Waals surface area contributed by atoms with Crippen LogP contribution >= 0.6 is 0 Å². The van der Waals surface area contributed by atoms with Crippen LogP contribution < -0.4 is 9.47 Å². The Morgan fingerprint density at radius 1 is 1.05 bits per heavy atom. The van der Waals surface area contributed by atoms with Gasteiger partial charge in [0, 0.05) is 29.1 Å². The van der Waals surface area contributed by atoms with Crippen molar-refractivity contribution in [2.75, 3.05) is 26.9 Å². The number of unbranched alkanes of at least 4 members (excludes halogenated alkanes) is 2. The van der Waals surface area contributed by atoms with Crippen LogP contribution in [-0.2, 0) is 33.4 Å². The quantitative estimate of drug-likeness (QED) is 0.0509. The maximum Gasteiger partial charge on any atom is 0.514 e. The van der Waals surface area contributed by atoms with E-state index in [-0.39, 0.29) is 61.7 Å². The molecule has 1 N–H and O–H groups in total. The lowest BCUT2D eigenvalue weighted by atomic mass is 9.44. The number of halogens is 1. The maximum absolute atomic E-state index is 17.8. The molecule has 4 aliphatic rings. The van der Waals surface area contributed by atoms with Crippen LogP contribution in [0.5, 0.6) is 11.5 Å². The van der Waals surface area contributed by atoms with Gasteiger partial charge >= 0.3 is 18.1 Å². The molecule has 1 aromatic carbocycles. The lowest BCUT2D eigenvalue weighted by Gasteiger charge is -2.62. The first-order chi connectivity index (χ1) is 26.5. The van der Waals surface area contributed by atoms with Crippen molar-refractivity contribution in [2.24, 2.45) is 28.6 Å². The lowest BCUT2D eigenvalue weighted by Crippen LogP contribution is -2.70. The average molecular weight is 788 g/mol. The molecule has 0 bridgehead atoms. The summed E-state index contributed by atoms with van der Waals surface area (Å²) in [6.07, 6.45) is 4.00. The molecule has 0 saturated heterocycles. The minimum Gasteiger partial charge on any atom is -0.493 e. The number of aliphatic hydroxyl groups excluding tert-OH is 1. The largest absolute Gasteiger partial charge is 0.514 e. The predicted octanol–water partition coefficient (Wildman–Crippen LogP) is 6.01. The highest BCUT2D eigenvalue weighted by molar-refractivity contribution is 6.01. The van der Waals surface area contributed by atoms with Crippen molar-refractivity contribution in [2.45, 2.75) is 103 Å². The first-order valence-corrected chi connectivity index (χ1v) is 19.0. The summed E-state index contributed by atoms with van der Waals surface area (Å²) in [5.41, 5.74) is -5.92. The summed E-state index contributed by atoms with van der Waals surface area (Å²) in [5, 5.41) is 21.2. The van der Waals surface area contributed by atoms with E-state index in [0.717, 1.165) is 0 Å². The molecule has 0 heterocycles. The van der Waals surface area contributed by atoms with Crippen LogP contribution in [0.2, 0.25) is 0 Å². The van der Waals surface area contributed by atoms with Crippen LogP contribution in [0.25, 0.3) is 0 Å². The number of carbonyl (C=O) groups excluding carboxylic acids is 5. The molecular weight excluding hydrogens is 737 g/mol. The molecule has 56 heavy (non-hydrogen) atoms. The molecule has 3 saturated carbocycles. The highest BCUT2D eigenvalue weighted by Crippen LogP contribution is 2.71. The number of Topliss-reactive ketones (excluding diaryl/α,β-unsaturated/α-hetero) is 1. The number of methoxy groups -OCH3 is 1. The zero-order valence-electron chi connectivity index (χ0n) is 32.3. The van der Waals surface area contributed by atoms with Gasteiger partial charge in [0.05, 0.1) is 32.0 Å². The van der Waals surface area contributed by atoms with E-state index in [1.807, 2.05) is 6.92 Å². The fourth-order valence-electron chi connectivity index (χ4n) is 9.77. The van der Waals surface area contributed by atoms with Crippen LogP contribution in [0.4, 0.5) is 9.18 Å². The Balaban J connectivity index is 1.33. The maximum atomic E-state index is 17.8. The van der Waals surface area contributed by atoms with E-state index in [4.69, 9.17) is 23.7 Å². The Labute approximate surface area is 323 Å². The number of carbonyl (C=O) groups is 5. The molecule has 4 aliphatic carbocycles. The van der Waals surface area contributed by atoms with Gasteiger partial charge in [-0.1, -0.05) is 38.8 Å². The second-order valence-corrected chi connectivity index (χ2v) is 15.5. The van der Waals surface area contributed by atoms with Crippen LogP contribution in [0, 0.1) is 38.7 Å². The van der Waals surface area contributed by atoms with Crippen molar-refractivity contribution in [3.05, 3.63) is 57.7 Å². The van der Waals surface area contributed by atoms with E-state index >= 15 is 4.39 Å². The normalized spacial score (nSPS) is 31.5. The SMILES string of the molecule is CCCCC(=O)O[C@]1(C(=O)COC(=O)Oc2ccc(C(=O)OCCCCO[N+](=O)[O-])cc2OC)[C@@H](C)C[C@H]2C3CCC4=CC(=O)C=C[C@]4(C)[C@@]3(F)[C@@H](O)C[C@@]21C. The van der Waals surface area contributed by atoms with Crippen LogP contribution in [0.15, 0.2) is 42.0 Å². The van der Waals surface area contributed by atoms with Crippen molar-refractivity contribution >= 4 is 29.7 Å². The number of rotatable bonds is 16. The highest BCUT2D eigenvalue weighted by atomic mass is 19.1. The lowest BCUT2D eigenvalue weighted by molar-refractivity contribution is -0.757. The number of allylic oxidation sites excluding steroid dienone is 4. The van der Waals surface area contributed by atoms with Gasteiger partial charge in [0.2, 0.25) is 5.78 Å². The molecule has 5 rings (SSSR count). The van der Waals surface area contributed by atoms with E-state index in [0.29, 0.717) is 37.7 Å². The number of esters is 2. The molecule has 1 unspecified atom stereocenters. The summed E-state index contributed by atoms with van der Waals surface area (Å²) >= 11 is 0. The zero-order valence-corrected chi connectivity index (χ0v) is 32.3. The molecule has 16 heteroatoms. The first kappa shape index (κ1) is 42.3. The number of ketones is 2. The third-order valence-electron chi connectivity index (χ3n) is 12.5. The molecule has 15 nitrogen and oxygen atoms in total. The summed E-state index contributed by atoms with van der Waals surface area (Å²) in [5.74, 6) is -4.45. The monoisotopic (exact) mass is 787 g/mol. The van der Waals surface area contributed by atoms with Gasteiger partial charge in [-0.05, 0) is 88.1 Å². The fourth-order valence-corrected chi connectivity index (χ4v) is 9.77. The van der Waals surface area contributed by atoms with E-state index in [1.54, 1.807) is 26.8 Å². The molecule has 0 aliphatic heterocycles. The summed E-state index contributed by atoms with van der Waals surface area (Å²) < 4.78 is 45.1. The van der Waals surface area contributed by atoms with Gasteiger partial charge in [0.15, 0.2) is 35.2 Å². The molecular formula is C40H50FNO14. The summed E-state index contributed by atoms with van der Waals surface area (Å²) in [6, 6.07) is 3.84. The van der Waals surface area contributed by atoms with Crippen molar-refractivity contribution in [1.82, 2.24) is 0 Å². The van der Waals surface area contributed by atoms with Crippen LogP contribution in [-0.4, -0.2) is 84.2 Å². The first-order valence-electron chi connectivity index (χ1n) is 19.0. The number of aliphatic hydroxyl groups is 1. The Morgan fingerprint density at radius 3 is 2.48 bits per heavy atom. The molecule has 8 atom stereocenters. The predicted molar refractivity (Wildman–Crippen MR) is 194 cm³/mol. The number of ether oxygens (including phenoxy) is 5. The Hall–Kier alpha value is -4.86. The van der Waals surface area contributed by atoms with E-state index in [2.05, 4.69) is 4.84 Å². The minimum atomic E-state index is -2.18. The van der Waals surface area contributed by atoms with Crippen molar-refractivity contribution in [3.63, 3.8) is 0 Å². The second kappa shape index (κ2) is 16.7.